The van der Waals surface area contributed by atoms with Gasteiger partial charge in [-0.1, -0.05) is 18.2 Å². The molecule has 0 aliphatic heterocycles. The molecule has 4 N–H and O–H groups in total. The van der Waals surface area contributed by atoms with Gasteiger partial charge in [0.1, 0.15) is 5.75 Å². The number of hydrogen-bond donors (Lipinski definition) is 2. The maximum atomic E-state index is 11.0. The minimum Gasteiger partial charge on any atom is -0.494 e. The van der Waals surface area contributed by atoms with E-state index in [2.05, 4.69) is 0 Å². The summed E-state index contributed by atoms with van der Waals surface area (Å²) in [7, 11) is 0. The van der Waals surface area contributed by atoms with Gasteiger partial charge in [0.2, 0.25) is 11.8 Å². The lowest BCUT2D eigenvalue weighted by atomic mass is 10.0. The van der Waals surface area contributed by atoms with Crippen molar-refractivity contribution in [3.8, 4) is 5.75 Å². The molecule has 0 aromatic heterocycles. The summed E-state index contributed by atoms with van der Waals surface area (Å²) in [4.78, 5) is 21.8. The molecule has 1 atom stereocenters. The molecule has 0 aliphatic carbocycles. The maximum absolute atomic E-state index is 11.0. The van der Waals surface area contributed by atoms with Gasteiger partial charge in [-0.2, -0.15) is 0 Å². The fourth-order valence-corrected chi connectivity index (χ4v) is 1.42. The highest BCUT2D eigenvalue weighted by atomic mass is 16.5. The third kappa shape index (κ3) is 5.01. The Labute approximate surface area is 99.7 Å². The van der Waals surface area contributed by atoms with E-state index in [1.54, 1.807) is 0 Å². The Hall–Kier alpha value is -2.04. The number of para-hydroxylation sites is 1. The van der Waals surface area contributed by atoms with E-state index in [1.807, 2.05) is 30.3 Å². The second kappa shape index (κ2) is 6.52. The van der Waals surface area contributed by atoms with Crippen molar-refractivity contribution in [2.24, 2.45) is 17.4 Å². The SMILES string of the molecule is NC(=O)CC(CCOc1ccccc1)C(N)=O. The zero-order valence-corrected chi connectivity index (χ0v) is 9.46. The molecular weight excluding hydrogens is 220 g/mol. The topological polar surface area (TPSA) is 95.4 Å². The van der Waals surface area contributed by atoms with Gasteiger partial charge in [-0.25, -0.2) is 0 Å². The predicted molar refractivity (Wildman–Crippen MR) is 63.0 cm³/mol. The van der Waals surface area contributed by atoms with Gasteiger partial charge in [0.25, 0.3) is 0 Å². The third-order valence-corrected chi connectivity index (χ3v) is 2.33. The van der Waals surface area contributed by atoms with Crippen LogP contribution in [0.5, 0.6) is 5.75 Å². The molecule has 1 rings (SSSR count). The molecule has 0 saturated carbocycles. The molecule has 17 heavy (non-hydrogen) atoms. The summed E-state index contributed by atoms with van der Waals surface area (Å²) in [5.41, 5.74) is 10.2. The Morgan fingerprint density at radius 2 is 1.82 bits per heavy atom. The minimum absolute atomic E-state index is 0.0342. The number of primary amides is 2. The Morgan fingerprint density at radius 3 is 2.35 bits per heavy atom. The van der Waals surface area contributed by atoms with Gasteiger partial charge in [-0.3, -0.25) is 9.59 Å². The Bertz CT molecular complexity index is 379. The molecule has 1 aromatic carbocycles. The van der Waals surface area contributed by atoms with Crippen LogP contribution in [0.25, 0.3) is 0 Å². The number of nitrogens with two attached hydrogens (primary N) is 2. The number of hydrogen-bond acceptors (Lipinski definition) is 3. The van der Waals surface area contributed by atoms with Gasteiger partial charge >= 0.3 is 0 Å². The zero-order chi connectivity index (χ0) is 12.7. The van der Waals surface area contributed by atoms with Gasteiger partial charge in [-0.15, -0.1) is 0 Å². The quantitative estimate of drug-likeness (QED) is 0.718. The van der Waals surface area contributed by atoms with Crippen LogP contribution in [-0.2, 0) is 9.59 Å². The van der Waals surface area contributed by atoms with Crippen LogP contribution in [0.15, 0.2) is 30.3 Å². The first-order valence-electron chi connectivity index (χ1n) is 5.35. The van der Waals surface area contributed by atoms with Crippen molar-refractivity contribution in [2.75, 3.05) is 6.61 Å². The molecule has 5 nitrogen and oxygen atoms in total. The van der Waals surface area contributed by atoms with E-state index in [0.717, 1.165) is 5.75 Å². The van der Waals surface area contributed by atoms with Crippen molar-refractivity contribution >= 4 is 11.8 Å². The van der Waals surface area contributed by atoms with Crippen LogP contribution in [-0.4, -0.2) is 18.4 Å². The number of carbonyl (C=O) groups excluding carboxylic acids is 2. The van der Waals surface area contributed by atoms with Crippen molar-refractivity contribution in [1.82, 2.24) is 0 Å². The normalized spacial score (nSPS) is 11.8. The molecule has 1 aromatic rings. The fourth-order valence-electron chi connectivity index (χ4n) is 1.42. The van der Waals surface area contributed by atoms with Gasteiger partial charge in [0.05, 0.1) is 6.61 Å². The molecule has 0 fully saturated rings. The van der Waals surface area contributed by atoms with Crippen molar-refractivity contribution in [3.05, 3.63) is 30.3 Å². The van der Waals surface area contributed by atoms with E-state index >= 15 is 0 Å². The summed E-state index contributed by atoms with van der Waals surface area (Å²) >= 11 is 0. The van der Waals surface area contributed by atoms with Crippen LogP contribution in [0.3, 0.4) is 0 Å². The largest absolute Gasteiger partial charge is 0.494 e. The van der Waals surface area contributed by atoms with Crippen molar-refractivity contribution in [1.29, 1.82) is 0 Å². The Kier molecular flexibility index (Phi) is 5.00. The summed E-state index contributed by atoms with van der Waals surface area (Å²) in [6.07, 6.45) is 0.348. The van der Waals surface area contributed by atoms with E-state index in [1.165, 1.54) is 0 Å². The van der Waals surface area contributed by atoms with Crippen LogP contribution in [0, 0.1) is 5.92 Å². The predicted octanol–water partition coefficient (Wildman–Crippen LogP) is 0.432. The summed E-state index contributed by atoms with van der Waals surface area (Å²) in [6, 6.07) is 9.21. The molecule has 2 amide bonds. The Balaban J connectivity index is 2.37. The summed E-state index contributed by atoms with van der Waals surface area (Å²) in [5.74, 6) is -0.903. The molecule has 0 aliphatic rings. The van der Waals surface area contributed by atoms with Gasteiger partial charge < -0.3 is 16.2 Å². The minimum atomic E-state index is -0.559. The van der Waals surface area contributed by atoms with Crippen LogP contribution in [0.4, 0.5) is 0 Å². The van der Waals surface area contributed by atoms with Crippen LogP contribution in [0.1, 0.15) is 12.8 Å². The highest BCUT2D eigenvalue weighted by molar-refractivity contribution is 5.83. The molecule has 1 unspecified atom stereocenters. The van der Waals surface area contributed by atoms with E-state index in [0.29, 0.717) is 13.0 Å². The van der Waals surface area contributed by atoms with Crippen LogP contribution >= 0.6 is 0 Å². The maximum Gasteiger partial charge on any atom is 0.221 e. The molecule has 0 radical (unpaired) electrons. The highest BCUT2D eigenvalue weighted by Crippen LogP contribution is 2.12. The first-order chi connectivity index (χ1) is 8.09. The second-order valence-corrected chi connectivity index (χ2v) is 3.72. The van der Waals surface area contributed by atoms with Crippen LogP contribution < -0.4 is 16.2 Å². The summed E-state index contributed by atoms with van der Waals surface area (Å²) in [6.45, 7) is 0.324. The van der Waals surface area contributed by atoms with E-state index in [9.17, 15) is 9.59 Å². The lowest BCUT2D eigenvalue weighted by molar-refractivity contribution is -0.127. The van der Waals surface area contributed by atoms with Gasteiger partial charge in [0, 0.05) is 12.3 Å². The van der Waals surface area contributed by atoms with Crippen molar-refractivity contribution in [3.63, 3.8) is 0 Å². The average Bonchev–Trinajstić information content (AvgIpc) is 2.28. The van der Waals surface area contributed by atoms with E-state index < -0.39 is 17.7 Å². The lowest BCUT2D eigenvalue weighted by Gasteiger charge is -2.12. The Morgan fingerprint density at radius 1 is 1.18 bits per heavy atom. The molecule has 5 heteroatoms. The smallest absolute Gasteiger partial charge is 0.221 e. The first kappa shape index (κ1) is 13.0. The summed E-state index contributed by atoms with van der Waals surface area (Å²) < 4.78 is 5.41. The third-order valence-electron chi connectivity index (χ3n) is 2.33. The highest BCUT2D eigenvalue weighted by Gasteiger charge is 2.17. The van der Waals surface area contributed by atoms with Crippen molar-refractivity contribution in [2.45, 2.75) is 12.8 Å². The number of rotatable bonds is 7. The molecule has 92 valence electrons. The second-order valence-electron chi connectivity index (χ2n) is 3.72. The molecule has 0 spiro atoms. The average molecular weight is 236 g/mol. The monoisotopic (exact) mass is 236 g/mol. The zero-order valence-electron chi connectivity index (χ0n) is 9.46. The standard InChI is InChI=1S/C12H16N2O3/c13-11(15)8-9(12(14)16)6-7-17-10-4-2-1-3-5-10/h1-5,9H,6-8H2,(H2,13,15)(H2,14,16). The molecule has 0 bridgehead atoms. The molecular formula is C12H16N2O3. The first-order valence-corrected chi connectivity index (χ1v) is 5.35. The molecule has 0 heterocycles. The number of ether oxygens (including phenoxy) is 1. The number of carbonyl (C=O) groups is 2. The van der Waals surface area contributed by atoms with E-state index in [4.69, 9.17) is 16.2 Å². The van der Waals surface area contributed by atoms with Crippen LogP contribution in [0.2, 0.25) is 0 Å². The number of benzene rings is 1. The van der Waals surface area contributed by atoms with Gasteiger partial charge in [-0.05, 0) is 18.6 Å². The van der Waals surface area contributed by atoms with E-state index in [-0.39, 0.29) is 6.42 Å². The fraction of sp³-hybridized carbons (Fsp3) is 0.333. The van der Waals surface area contributed by atoms with Gasteiger partial charge in [0.15, 0.2) is 0 Å². The number of amides is 2. The summed E-state index contributed by atoms with van der Waals surface area (Å²) in [5, 5.41) is 0. The lowest BCUT2D eigenvalue weighted by Crippen LogP contribution is -2.29. The molecule has 0 saturated heterocycles. The van der Waals surface area contributed by atoms with Crippen molar-refractivity contribution < 1.29 is 14.3 Å².